The number of carbonyl (C=O) groups is 4. The number of hydrogen-bond donors (Lipinski definition) is 2. The van der Waals surface area contributed by atoms with Crippen LogP contribution in [0, 0.1) is 0 Å². The molecule has 1 aromatic carbocycles. The first-order chi connectivity index (χ1) is 20.0. The summed E-state index contributed by atoms with van der Waals surface area (Å²) in [5.74, 6) is -2.17. The molecule has 3 rings (SSSR count). The molecule has 0 spiro atoms. The average Bonchev–Trinajstić information content (AvgIpc) is 3.22. The van der Waals surface area contributed by atoms with Gasteiger partial charge in [-0.25, -0.2) is 4.39 Å². The normalized spacial score (nSPS) is 16.8. The van der Waals surface area contributed by atoms with E-state index in [9.17, 15) is 23.6 Å². The highest BCUT2D eigenvalue weighted by molar-refractivity contribution is 6.25. The van der Waals surface area contributed by atoms with Crippen molar-refractivity contribution in [3.8, 4) is 0 Å². The highest BCUT2D eigenvalue weighted by Gasteiger charge is 2.45. The molecular weight excluding hydrogens is 545 g/mol. The van der Waals surface area contributed by atoms with Gasteiger partial charge in [-0.15, -0.1) is 0 Å². The van der Waals surface area contributed by atoms with Gasteiger partial charge in [0.1, 0.15) is 12.7 Å². The van der Waals surface area contributed by atoms with Crippen molar-refractivity contribution in [3.05, 3.63) is 29.3 Å². The van der Waals surface area contributed by atoms with Crippen LogP contribution in [0.5, 0.6) is 0 Å². The fourth-order valence-corrected chi connectivity index (χ4v) is 4.18. The third-order valence-corrected chi connectivity index (χ3v) is 6.11. The molecule has 14 heteroatoms. The Kier molecular flexibility index (Phi) is 14.6. The summed E-state index contributed by atoms with van der Waals surface area (Å²) in [6.07, 6.45) is 0.172. The molecule has 1 aromatic rings. The minimum Gasteiger partial charge on any atom is -0.382 e. The van der Waals surface area contributed by atoms with Crippen LogP contribution >= 0.6 is 0 Å². The van der Waals surface area contributed by atoms with E-state index in [1.165, 1.54) is 0 Å². The Labute approximate surface area is 237 Å². The van der Waals surface area contributed by atoms with Gasteiger partial charge < -0.3 is 33.7 Å². The second kappa shape index (κ2) is 18.4. The standard InChI is InChI=1S/C27H38FN3O10/c28-6-8-36-10-12-38-14-16-40-18-19-41-17-15-39-13-11-37-9-7-29-21-3-1-2-20-24(21)27(35)31(26(20)34)22-4-5-23(32)30-25(22)33/h1-3,22,29H,4-19H2,(H,30,32,33). The quantitative estimate of drug-likeness (QED) is 0.146. The number of anilines is 1. The summed E-state index contributed by atoms with van der Waals surface area (Å²) in [4.78, 5) is 50.6. The van der Waals surface area contributed by atoms with E-state index in [-0.39, 0.29) is 30.6 Å². The number of imide groups is 2. The maximum atomic E-state index is 13.1. The molecule has 1 atom stereocenters. The molecule has 0 saturated carbocycles. The number of piperidine rings is 1. The number of rotatable bonds is 22. The summed E-state index contributed by atoms with van der Waals surface area (Å²) < 4.78 is 43.9. The lowest BCUT2D eigenvalue weighted by molar-refractivity contribution is -0.136. The number of hydrogen-bond acceptors (Lipinski definition) is 11. The van der Waals surface area contributed by atoms with Crippen LogP contribution in [0.15, 0.2) is 18.2 Å². The lowest BCUT2D eigenvalue weighted by atomic mass is 10.0. The highest BCUT2D eigenvalue weighted by Crippen LogP contribution is 2.32. The van der Waals surface area contributed by atoms with Gasteiger partial charge >= 0.3 is 0 Å². The minimum absolute atomic E-state index is 0.0668. The number of alkyl halides is 1. The number of fused-ring (bicyclic) bond motifs is 1. The van der Waals surface area contributed by atoms with Crippen molar-refractivity contribution in [2.75, 3.05) is 97.8 Å². The summed E-state index contributed by atoms with van der Waals surface area (Å²) in [6, 6.07) is 3.89. The Morgan fingerprint density at radius 2 is 1.29 bits per heavy atom. The van der Waals surface area contributed by atoms with Crippen LogP contribution < -0.4 is 10.6 Å². The van der Waals surface area contributed by atoms with Gasteiger partial charge in [0.15, 0.2) is 0 Å². The molecule has 1 fully saturated rings. The number of ether oxygens (including phenoxy) is 6. The SMILES string of the molecule is O=C1CCC(N2C(=O)c3cccc(NCCOCCOCCOCCOCCOCCOCCF)c3C2=O)C(=O)N1. The Morgan fingerprint density at radius 3 is 1.83 bits per heavy atom. The summed E-state index contributed by atoms with van der Waals surface area (Å²) in [6.45, 7) is 4.46. The Morgan fingerprint density at radius 1 is 0.756 bits per heavy atom. The van der Waals surface area contributed by atoms with E-state index in [1.807, 2.05) is 0 Å². The lowest BCUT2D eigenvalue weighted by Gasteiger charge is -2.27. The number of carbonyl (C=O) groups excluding carboxylic acids is 4. The van der Waals surface area contributed by atoms with Crippen LogP contribution in [0.25, 0.3) is 0 Å². The van der Waals surface area contributed by atoms with Crippen LogP contribution in [-0.2, 0) is 38.0 Å². The van der Waals surface area contributed by atoms with Crippen LogP contribution in [0.4, 0.5) is 10.1 Å². The average molecular weight is 584 g/mol. The van der Waals surface area contributed by atoms with E-state index in [0.29, 0.717) is 84.9 Å². The third-order valence-electron chi connectivity index (χ3n) is 6.11. The van der Waals surface area contributed by atoms with E-state index in [0.717, 1.165) is 4.90 Å². The molecule has 1 unspecified atom stereocenters. The maximum Gasteiger partial charge on any atom is 0.264 e. The minimum atomic E-state index is -1.01. The van der Waals surface area contributed by atoms with Crippen molar-refractivity contribution in [1.82, 2.24) is 10.2 Å². The van der Waals surface area contributed by atoms with E-state index < -0.39 is 36.3 Å². The summed E-state index contributed by atoms with van der Waals surface area (Å²) in [5.41, 5.74) is 0.903. The number of nitrogens with zero attached hydrogens (tertiary/aromatic N) is 1. The molecule has 2 aliphatic heterocycles. The van der Waals surface area contributed by atoms with Crippen molar-refractivity contribution in [1.29, 1.82) is 0 Å². The van der Waals surface area contributed by atoms with Gasteiger partial charge in [-0.1, -0.05) is 6.07 Å². The Balaban J connectivity index is 1.19. The zero-order chi connectivity index (χ0) is 29.3. The number of amides is 4. The predicted octanol–water partition coefficient (Wildman–Crippen LogP) is 0.569. The summed E-state index contributed by atoms with van der Waals surface area (Å²) >= 11 is 0. The molecular formula is C27H38FN3O10. The Bertz CT molecular complexity index is 1010. The largest absolute Gasteiger partial charge is 0.382 e. The van der Waals surface area contributed by atoms with Gasteiger partial charge in [-0.2, -0.15) is 0 Å². The van der Waals surface area contributed by atoms with Gasteiger partial charge in [0.25, 0.3) is 11.8 Å². The first kappa shape index (κ1) is 32.5. The van der Waals surface area contributed by atoms with Crippen molar-refractivity contribution < 1.29 is 52.0 Å². The molecule has 4 amide bonds. The monoisotopic (exact) mass is 583 g/mol. The number of halogens is 1. The second-order valence-electron chi connectivity index (χ2n) is 8.97. The van der Waals surface area contributed by atoms with Crippen LogP contribution in [-0.4, -0.2) is 127 Å². The molecule has 41 heavy (non-hydrogen) atoms. The van der Waals surface area contributed by atoms with Gasteiger partial charge in [0.2, 0.25) is 11.8 Å². The molecule has 1 saturated heterocycles. The van der Waals surface area contributed by atoms with Gasteiger partial charge in [-0.3, -0.25) is 29.4 Å². The molecule has 0 aliphatic carbocycles. The Hall–Kier alpha value is -3.01. The molecule has 0 radical (unpaired) electrons. The van der Waals surface area contributed by atoms with Crippen LogP contribution in [0.3, 0.4) is 0 Å². The molecule has 0 bridgehead atoms. The van der Waals surface area contributed by atoms with Gasteiger partial charge in [-0.05, 0) is 18.6 Å². The fraction of sp³-hybridized carbons (Fsp3) is 0.630. The van der Waals surface area contributed by atoms with E-state index in [1.54, 1.807) is 18.2 Å². The fourth-order valence-electron chi connectivity index (χ4n) is 4.18. The van der Waals surface area contributed by atoms with Crippen molar-refractivity contribution in [2.24, 2.45) is 0 Å². The van der Waals surface area contributed by atoms with Crippen molar-refractivity contribution >= 4 is 29.3 Å². The van der Waals surface area contributed by atoms with Crippen molar-refractivity contribution in [2.45, 2.75) is 18.9 Å². The zero-order valence-corrected chi connectivity index (χ0v) is 23.0. The first-order valence-electron chi connectivity index (χ1n) is 13.7. The number of nitrogens with one attached hydrogen (secondary N) is 2. The topological polar surface area (TPSA) is 151 Å². The molecule has 0 aromatic heterocycles. The molecule has 13 nitrogen and oxygen atoms in total. The molecule has 228 valence electrons. The third kappa shape index (κ3) is 10.4. The second-order valence-corrected chi connectivity index (χ2v) is 8.97. The highest BCUT2D eigenvalue weighted by atomic mass is 19.1. The molecule has 2 N–H and O–H groups in total. The number of benzene rings is 1. The maximum absolute atomic E-state index is 13.1. The first-order valence-corrected chi connectivity index (χ1v) is 13.7. The van der Waals surface area contributed by atoms with E-state index >= 15 is 0 Å². The smallest absolute Gasteiger partial charge is 0.264 e. The zero-order valence-electron chi connectivity index (χ0n) is 23.0. The molecule has 2 aliphatic rings. The van der Waals surface area contributed by atoms with Gasteiger partial charge in [0.05, 0.1) is 90.4 Å². The summed E-state index contributed by atoms with van der Waals surface area (Å²) in [5, 5.41) is 5.30. The van der Waals surface area contributed by atoms with E-state index in [4.69, 9.17) is 28.4 Å². The van der Waals surface area contributed by atoms with Crippen molar-refractivity contribution in [3.63, 3.8) is 0 Å². The van der Waals surface area contributed by atoms with Crippen LogP contribution in [0.2, 0.25) is 0 Å². The lowest BCUT2D eigenvalue weighted by Crippen LogP contribution is -2.54. The van der Waals surface area contributed by atoms with Gasteiger partial charge in [0, 0.05) is 18.7 Å². The van der Waals surface area contributed by atoms with E-state index in [2.05, 4.69) is 10.6 Å². The predicted molar refractivity (Wildman–Crippen MR) is 142 cm³/mol. The summed E-state index contributed by atoms with van der Waals surface area (Å²) in [7, 11) is 0. The molecule has 2 heterocycles. The van der Waals surface area contributed by atoms with Crippen LogP contribution in [0.1, 0.15) is 33.6 Å².